The van der Waals surface area contributed by atoms with Gasteiger partial charge in [0.2, 0.25) is 0 Å². The molecule has 0 radical (unpaired) electrons. The van der Waals surface area contributed by atoms with E-state index in [0.29, 0.717) is 15.0 Å². The standard InChI is InChI=1S/C23H23NO2S2/c1-23(10-3-2-4-11-23)18-14-17(8-9-19(18)25)16-7-5-6-15(12-16)13-20-21(26)24-22(27)28-20/h5-9,12-14,25H,2-4,10-11H2,1H3,(H,24,26,27). The van der Waals surface area contributed by atoms with Crippen LogP contribution in [0.4, 0.5) is 0 Å². The van der Waals surface area contributed by atoms with Crippen molar-refractivity contribution in [2.75, 3.05) is 0 Å². The van der Waals surface area contributed by atoms with Gasteiger partial charge in [0.25, 0.3) is 5.91 Å². The molecule has 144 valence electrons. The highest BCUT2D eigenvalue weighted by molar-refractivity contribution is 8.26. The number of nitrogens with one attached hydrogen (secondary N) is 1. The number of hydrogen-bond donors (Lipinski definition) is 2. The zero-order valence-electron chi connectivity index (χ0n) is 15.8. The van der Waals surface area contributed by atoms with Gasteiger partial charge in [-0.15, -0.1) is 0 Å². The van der Waals surface area contributed by atoms with Crippen LogP contribution in [0.1, 0.15) is 50.2 Å². The van der Waals surface area contributed by atoms with Gasteiger partial charge < -0.3 is 10.4 Å². The third-order valence-electron chi connectivity index (χ3n) is 5.76. The average molecular weight is 410 g/mol. The molecule has 2 aliphatic rings. The Labute approximate surface area is 175 Å². The van der Waals surface area contributed by atoms with Crippen LogP contribution < -0.4 is 5.32 Å². The van der Waals surface area contributed by atoms with E-state index in [0.717, 1.165) is 35.1 Å². The van der Waals surface area contributed by atoms with Gasteiger partial charge in [0.15, 0.2) is 0 Å². The van der Waals surface area contributed by atoms with Crippen LogP contribution in [0.3, 0.4) is 0 Å². The predicted octanol–water partition coefficient (Wildman–Crippen LogP) is 5.77. The van der Waals surface area contributed by atoms with Crippen LogP contribution in [-0.2, 0) is 10.2 Å². The minimum Gasteiger partial charge on any atom is -0.508 e. The summed E-state index contributed by atoms with van der Waals surface area (Å²) in [5.74, 6) is 0.247. The molecular weight excluding hydrogens is 386 g/mol. The molecule has 5 heteroatoms. The second-order valence-electron chi connectivity index (χ2n) is 7.83. The minimum absolute atomic E-state index is 0.0339. The third-order valence-corrected chi connectivity index (χ3v) is 6.93. The quantitative estimate of drug-likeness (QED) is 0.499. The Morgan fingerprint density at radius 2 is 1.86 bits per heavy atom. The maximum atomic E-state index is 11.9. The van der Waals surface area contributed by atoms with Crippen LogP contribution in [-0.4, -0.2) is 15.3 Å². The molecule has 0 aromatic heterocycles. The zero-order valence-corrected chi connectivity index (χ0v) is 17.5. The number of rotatable bonds is 3. The molecule has 0 bridgehead atoms. The fraction of sp³-hybridized carbons (Fsp3) is 0.304. The highest BCUT2D eigenvalue weighted by Crippen LogP contribution is 2.44. The number of thiocarbonyl (C=S) groups is 1. The largest absolute Gasteiger partial charge is 0.508 e. The molecule has 2 N–H and O–H groups in total. The van der Waals surface area contributed by atoms with E-state index >= 15 is 0 Å². The van der Waals surface area contributed by atoms with Gasteiger partial charge in [-0.25, -0.2) is 0 Å². The molecule has 1 heterocycles. The topological polar surface area (TPSA) is 49.3 Å². The van der Waals surface area contributed by atoms with Gasteiger partial charge >= 0.3 is 0 Å². The Bertz CT molecular complexity index is 974. The lowest BCUT2D eigenvalue weighted by atomic mass is 9.70. The summed E-state index contributed by atoms with van der Waals surface area (Å²) >= 11 is 6.35. The molecule has 4 rings (SSSR count). The number of phenols is 1. The molecule has 3 nitrogen and oxygen atoms in total. The second-order valence-corrected chi connectivity index (χ2v) is 9.55. The molecule has 1 aliphatic heterocycles. The number of benzene rings is 2. The number of carbonyl (C=O) groups is 1. The van der Waals surface area contributed by atoms with Crippen molar-refractivity contribution in [3.63, 3.8) is 0 Å². The molecule has 1 saturated heterocycles. The van der Waals surface area contributed by atoms with Gasteiger partial charge in [-0.1, -0.05) is 74.4 Å². The number of amides is 1. The first-order valence-electron chi connectivity index (χ1n) is 9.63. The van der Waals surface area contributed by atoms with Gasteiger partial charge in [0, 0.05) is 5.56 Å². The third kappa shape index (κ3) is 3.87. The summed E-state index contributed by atoms with van der Waals surface area (Å²) in [5, 5.41) is 13.2. The van der Waals surface area contributed by atoms with Crippen LogP contribution in [0.25, 0.3) is 17.2 Å². The molecule has 1 aliphatic carbocycles. The van der Waals surface area contributed by atoms with E-state index in [1.807, 2.05) is 30.3 Å². The van der Waals surface area contributed by atoms with Crippen LogP contribution in [0.2, 0.25) is 0 Å². The number of thioether (sulfide) groups is 1. The first-order chi connectivity index (χ1) is 13.4. The van der Waals surface area contributed by atoms with E-state index in [9.17, 15) is 9.90 Å². The lowest BCUT2D eigenvalue weighted by molar-refractivity contribution is -0.115. The fourth-order valence-corrected chi connectivity index (χ4v) is 5.23. The molecule has 0 spiro atoms. The SMILES string of the molecule is CC1(c2cc(-c3cccc(C=C4SC(=S)NC4=O)c3)ccc2O)CCCCC1. The highest BCUT2D eigenvalue weighted by Gasteiger charge is 2.31. The molecule has 0 atom stereocenters. The smallest absolute Gasteiger partial charge is 0.263 e. The molecular formula is C23H23NO2S2. The lowest BCUT2D eigenvalue weighted by Crippen LogP contribution is -2.25. The van der Waals surface area contributed by atoms with E-state index in [4.69, 9.17) is 12.2 Å². The van der Waals surface area contributed by atoms with E-state index < -0.39 is 0 Å². The second kappa shape index (κ2) is 7.72. The van der Waals surface area contributed by atoms with Crippen LogP contribution in [0, 0.1) is 0 Å². The van der Waals surface area contributed by atoms with Crippen LogP contribution in [0.15, 0.2) is 47.4 Å². The molecule has 0 unspecified atom stereocenters. The summed E-state index contributed by atoms with van der Waals surface area (Å²) in [5.41, 5.74) is 4.19. The minimum atomic E-state index is -0.141. The van der Waals surface area contributed by atoms with Gasteiger partial charge in [-0.05, 0) is 59.2 Å². The zero-order chi connectivity index (χ0) is 19.7. The van der Waals surface area contributed by atoms with Gasteiger partial charge in [0.1, 0.15) is 10.1 Å². The maximum Gasteiger partial charge on any atom is 0.263 e. The van der Waals surface area contributed by atoms with E-state index in [1.165, 1.54) is 31.0 Å². The van der Waals surface area contributed by atoms with Gasteiger partial charge in [-0.3, -0.25) is 4.79 Å². The normalized spacial score (nSPS) is 20.4. The summed E-state index contributed by atoms with van der Waals surface area (Å²) < 4.78 is 0.497. The predicted molar refractivity (Wildman–Crippen MR) is 120 cm³/mol. The Kier molecular flexibility index (Phi) is 5.30. The Morgan fingerprint density at radius 3 is 2.57 bits per heavy atom. The van der Waals surface area contributed by atoms with Crippen LogP contribution in [0.5, 0.6) is 5.75 Å². The average Bonchev–Trinajstić information content (AvgIpc) is 2.99. The first-order valence-corrected chi connectivity index (χ1v) is 10.9. The number of aromatic hydroxyl groups is 1. The van der Waals surface area contributed by atoms with Crippen LogP contribution >= 0.6 is 24.0 Å². The summed E-state index contributed by atoms with van der Waals surface area (Å²) in [4.78, 5) is 12.5. The van der Waals surface area contributed by atoms with Crippen molar-refractivity contribution in [1.82, 2.24) is 5.32 Å². The fourth-order valence-electron chi connectivity index (χ4n) is 4.18. The lowest BCUT2D eigenvalue weighted by Gasteiger charge is -2.34. The van der Waals surface area contributed by atoms with Crippen molar-refractivity contribution in [2.24, 2.45) is 0 Å². The monoisotopic (exact) mass is 409 g/mol. The van der Waals surface area contributed by atoms with Crippen molar-refractivity contribution >= 4 is 40.3 Å². The number of carbonyl (C=O) groups excluding carboxylic acids is 1. The molecule has 2 aromatic carbocycles. The highest BCUT2D eigenvalue weighted by atomic mass is 32.2. The van der Waals surface area contributed by atoms with Crippen molar-refractivity contribution < 1.29 is 9.90 Å². The molecule has 1 saturated carbocycles. The summed E-state index contributed by atoms with van der Waals surface area (Å²) in [6.07, 6.45) is 7.80. The van der Waals surface area contributed by atoms with Gasteiger partial charge in [-0.2, -0.15) is 0 Å². The van der Waals surface area contributed by atoms with Crippen molar-refractivity contribution in [3.8, 4) is 16.9 Å². The molecule has 2 aromatic rings. The Balaban J connectivity index is 1.68. The molecule has 28 heavy (non-hydrogen) atoms. The van der Waals surface area contributed by atoms with Crippen molar-refractivity contribution in [1.29, 1.82) is 0 Å². The van der Waals surface area contributed by atoms with E-state index in [2.05, 4.69) is 30.4 Å². The van der Waals surface area contributed by atoms with Gasteiger partial charge in [0.05, 0.1) is 4.91 Å². The summed E-state index contributed by atoms with van der Waals surface area (Å²) in [6, 6.07) is 14.0. The first kappa shape index (κ1) is 19.2. The number of phenolic OH excluding ortho intramolecular Hbond substituents is 1. The molecule has 2 fully saturated rings. The van der Waals surface area contributed by atoms with E-state index in [-0.39, 0.29) is 11.3 Å². The van der Waals surface area contributed by atoms with E-state index in [1.54, 1.807) is 0 Å². The van der Waals surface area contributed by atoms with Crippen molar-refractivity contribution in [2.45, 2.75) is 44.4 Å². The molecule has 1 amide bonds. The Morgan fingerprint density at radius 1 is 1.11 bits per heavy atom. The summed E-state index contributed by atoms with van der Waals surface area (Å²) in [7, 11) is 0. The maximum absolute atomic E-state index is 11.9. The Hall–Kier alpha value is -2.11. The summed E-state index contributed by atoms with van der Waals surface area (Å²) in [6.45, 7) is 2.27. The van der Waals surface area contributed by atoms with Crippen molar-refractivity contribution in [3.05, 3.63) is 58.5 Å². The number of hydrogen-bond acceptors (Lipinski definition) is 4.